The summed E-state index contributed by atoms with van der Waals surface area (Å²) in [6, 6.07) is 0. The third-order valence-corrected chi connectivity index (χ3v) is 3.54. The zero-order valence-electron chi connectivity index (χ0n) is 7.66. The van der Waals surface area contributed by atoms with E-state index in [9.17, 15) is 47.4 Å². The van der Waals surface area contributed by atoms with Crippen LogP contribution in [0.5, 0.6) is 0 Å². The van der Waals surface area contributed by atoms with Crippen molar-refractivity contribution in [2.45, 2.75) is 27.4 Å². The predicted octanol–water partition coefficient (Wildman–Crippen LogP) is 3.22. The van der Waals surface area contributed by atoms with E-state index >= 15 is 0 Å². The lowest BCUT2D eigenvalue weighted by Gasteiger charge is -2.33. The molecule has 13 heteroatoms. The second-order valence-corrected chi connectivity index (χ2v) is 5.55. The van der Waals surface area contributed by atoms with Gasteiger partial charge in [-0.15, -0.1) is 3.89 Å². The fourth-order valence-electron chi connectivity index (χ4n) is 0.816. The first kappa shape index (κ1) is 18.0. The number of alkyl halides is 9. The lowest BCUT2D eigenvalue weighted by molar-refractivity contribution is -0.319. The Kier molecular flexibility index (Phi) is 4.88. The Morgan fingerprint density at radius 3 is 1.44 bits per heavy atom. The van der Waals surface area contributed by atoms with E-state index in [4.69, 9.17) is 0 Å². The van der Waals surface area contributed by atoms with E-state index < -0.39 is 37.7 Å². The summed E-state index contributed by atoms with van der Waals surface area (Å²) in [7, 11) is -7.41. The third-order valence-electron chi connectivity index (χ3n) is 1.71. The Morgan fingerprint density at radius 1 is 0.944 bits per heavy atom. The highest BCUT2D eigenvalue weighted by atomic mass is 127. The second-order valence-electron chi connectivity index (χ2n) is 2.89. The van der Waals surface area contributed by atoms with Gasteiger partial charge >= 0.3 is 27.3 Å². The van der Waals surface area contributed by atoms with Gasteiger partial charge < -0.3 is 0 Å². The van der Waals surface area contributed by atoms with Crippen molar-refractivity contribution in [2.75, 3.05) is 0 Å². The number of halogens is 10. The summed E-state index contributed by atoms with van der Waals surface area (Å²) in [5.74, 6) is -6.97. The van der Waals surface area contributed by atoms with Crippen molar-refractivity contribution in [1.29, 1.82) is 0 Å². The van der Waals surface area contributed by atoms with Crippen molar-refractivity contribution in [1.82, 2.24) is 0 Å². The number of rotatable bonds is 4. The maximum absolute atomic E-state index is 13.2. The quantitative estimate of drug-likeness (QED) is 0.301. The molecule has 18 heavy (non-hydrogen) atoms. The van der Waals surface area contributed by atoms with Crippen molar-refractivity contribution >= 4 is 32.8 Å². The van der Waals surface area contributed by atoms with Crippen molar-refractivity contribution in [3.05, 3.63) is 0 Å². The van der Waals surface area contributed by atoms with Crippen LogP contribution in [-0.4, -0.2) is 35.9 Å². The van der Waals surface area contributed by atoms with Gasteiger partial charge in [-0.3, -0.25) is 0 Å². The molecule has 0 saturated carbocycles. The summed E-state index contributed by atoms with van der Waals surface area (Å²) in [6.45, 7) is 0. The fraction of sp³-hybridized carbons (Fsp3) is 1.00. The van der Waals surface area contributed by atoms with E-state index in [1.54, 1.807) is 0 Å². The fourth-order valence-corrected chi connectivity index (χ4v) is 2.37. The van der Waals surface area contributed by atoms with E-state index in [2.05, 4.69) is 0 Å². The van der Waals surface area contributed by atoms with Crippen molar-refractivity contribution in [3.63, 3.8) is 0 Å². The van der Waals surface area contributed by atoms with Gasteiger partial charge in [-0.25, -0.2) is 13.2 Å². The molecule has 110 valence electrons. The maximum atomic E-state index is 13.2. The van der Waals surface area contributed by atoms with Gasteiger partial charge in [-0.2, -0.15) is 30.4 Å². The summed E-state index contributed by atoms with van der Waals surface area (Å²) < 4.78 is 128. The number of hydrogen-bond donors (Lipinski definition) is 0. The first-order chi connectivity index (χ1) is 7.60. The molecule has 0 amide bonds. The normalized spacial score (nSPS) is 21.2. The van der Waals surface area contributed by atoms with Crippen LogP contribution in [0.4, 0.5) is 39.0 Å². The molecule has 3 unspecified atom stereocenters. The topological polar surface area (TPSA) is 34.1 Å². The Bertz CT molecular complexity index is 404. The number of hydrogen-bond acceptors (Lipinski definition) is 2. The van der Waals surface area contributed by atoms with Crippen molar-refractivity contribution in [3.8, 4) is 0 Å². The van der Waals surface area contributed by atoms with Crippen LogP contribution in [0.1, 0.15) is 0 Å². The minimum Gasteiger partial charge on any atom is -0.238 e. The lowest BCUT2D eigenvalue weighted by atomic mass is 10.1. The van der Waals surface area contributed by atoms with Crippen LogP contribution in [0, 0.1) is 0 Å². The van der Waals surface area contributed by atoms with Gasteiger partial charge in [0, 0.05) is 0 Å². The molecule has 0 aliphatic carbocycles. The Morgan fingerprint density at radius 2 is 1.28 bits per heavy atom. The summed E-state index contributed by atoms with van der Waals surface area (Å²) >= 11 is 0.188. The van der Waals surface area contributed by atoms with Crippen LogP contribution >= 0.6 is 22.6 Å². The maximum Gasteiger partial charge on any atom is 0.458 e. The van der Waals surface area contributed by atoms with E-state index in [0.29, 0.717) is 0 Å². The molecule has 0 heterocycles. The highest BCUT2D eigenvalue weighted by molar-refractivity contribution is 14.1. The van der Waals surface area contributed by atoms with Gasteiger partial charge in [-0.05, 0) is 22.6 Å². The molecule has 0 aromatic heterocycles. The molecule has 3 atom stereocenters. The molecular formula is C5H2F9IO2S. The SMILES string of the molecule is O=S(=O)(F)C(F)(C(F)C(F)I)C(F)(F)C(F)(F)F. The molecule has 0 rings (SSSR count). The Hall–Kier alpha value is 0.0500. The zero-order chi connectivity index (χ0) is 15.2. The molecule has 0 aromatic rings. The standard InChI is InChI=1S/C5H2F9IO2S/c6-1(2(7)15)3(8,18(14,16)17)4(9,10)5(11,12)13/h1-2H. The second kappa shape index (κ2) is 4.86. The average Bonchev–Trinajstić information content (AvgIpc) is 2.11. The molecule has 0 spiro atoms. The molecule has 0 aliphatic rings. The molecular weight excluding hydrogens is 422 g/mol. The largest absolute Gasteiger partial charge is 0.458 e. The predicted molar refractivity (Wildman–Crippen MR) is 48.7 cm³/mol. The highest BCUT2D eigenvalue weighted by Gasteiger charge is 2.81. The van der Waals surface area contributed by atoms with Crippen LogP contribution in [-0.2, 0) is 10.2 Å². The molecule has 2 nitrogen and oxygen atoms in total. The molecule has 0 radical (unpaired) electrons. The van der Waals surface area contributed by atoms with Gasteiger partial charge in [0.25, 0.3) is 0 Å². The van der Waals surface area contributed by atoms with Crippen molar-refractivity contribution in [2.24, 2.45) is 0 Å². The van der Waals surface area contributed by atoms with Gasteiger partial charge in [0.2, 0.25) is 0 Å². The molecule has 0 aromatic carbocycles. The minimum absolute atomic E-state index is 0.188. The van der Waals surface area contributed by atoms with Crippen LogP contribution in [0.25, 0.3) is 0 Å². The van der Waals surface area contributed by atoms with Crippen LogP contribution in [0.15, 0.2) is 0 Å². The van der Waals surface area contributed by atoms with E-state index in [1.807, 2.05) is 0 Å². The first-order valence-electron chi connectivity index (χ1n) is 3.60. The highest BCUT2D eigenvalue weighted by Crippen LogP contribution is 2.52. The van der Waals surface area contributed by atoms with Crippen LogP contribution in [0.2, 0.25) is 0 Å². The van der Waals surface area contributed by atoms with Gasteiger partial charge in [0.05, 0.1) is 0 Å². The van der Waals surface area contributed by atoms with Crippen LogP contribution in [0.3, 0.4) is 0 Å². The van der Waals surface area contributed by atoms with E-state index in [-0.39, 0.29) is 22.6 Å². The molecule has 0 bridgehead atoms. The lowest BCUT2D eigenvalue weighted by Crippen LogP contribution is -2.63. The Labute approximate surface area is 108 Å². The van der Waals surface area contributed by atoms with E-state index in [1.165, 1.54) is 0 Å². The van der Waals surface area contributed by atoms with E-state index in [0.717, 1.165) is 0 Å². The minimum atomic E-state index is -7.41. The molecule has 0 aliphatic heterocycles. The summed E-state index contributed by atoms with van der Waals surface area (Å²) in [5.41, 5.74) is 0. The average molecular weight is 424 g/mol. The summed E-state index contributed by atoms with van der Waals surface area (Å²) in [4.78, 5) is 0. The first-order valence-corrected chi connectivity index (χ1v) is 6.23. The smallest absolute Gasteiger partial charge is 0.238 e. The zero-order valence-corrected chi connectivity index (χ0v) is 10.6. The molecule has 0 fully saturated rings. The summed E-state index contributed by atoms with van der Waals surface area (Å²) in [5, 5.41) is -6.40. The molecule has 0 N–H and O–H groups in total. The summed E-state index contributed by atoms with van der Waals surface area (Å²) in [6.07, 6.45) is -11.5. The molecule has 0 saturated heterocycles. The Balaban J connectivity index is 6.14. The van der Waals surface area contributed by atoms with Gasteiger partial charge in [0.15, 0.2) is 10.4 Å². The third kappa shape index (κ3) is 2.65. The van der Waals surface area contributed by atoms with Crippen LogP contribution < -0.4 is 0 Å². The van der Waals surface area contributed by atoms with Crippen molar-refractivity contribution < 1.29 is 47.4 Å². The monoisotopic (exact) mass is 424 g/mol. The van der Waals surface area contributed by atoms with Gasteiger partial charge in [-0.1, -0.05) is 0 Å². The van der Waals surface area contributed by atoms with Gasteiger partial charge in [0.1, 0.15) is 0 Å².